The fourth-order valence-corrected chi connectivity index (χ4v) is 2.76. The Labute approximate surface area is 105 Å². The van der Waals surface area contributed by atoms with E-state index < -0.39 is 0 Å². The van der Waals surface area contributed by atoms with Gasteiger partial charge in [-0.15, -0.1) is 11.3 Å². The van der Waals surface area contributed by atoms with Crippen LogP contribution in [0.5, 0.6) is 0 Å². The van der Waals surface area contributed by atoms with E-state index in [9.17, 15) is 9.90 Å². The highest BCUT2D eigenvalue weighted by atomic mass is 32.1. The number of nitrogens with one attached hydrogen (secondary N) is 2. The molecule has 1 aliphatic carbocycles. The second-order valence-corrected chi connectivity index (χ2v) is 5.46. The molecule has 1 fully saturated rings. The van der Waals surface area contributed by atoms with Crippen molar-refractivity contribution in [2.45, 2.75) is 44.4 Å². The lowest BCUT2D eigenvalue weighted by molar-refractivity contribution is 0.113. The molecule has 5 heteroatoms. The number of hydrogen-bond acceptors (Lipinski definition) is 3. The number of aliphatic hydroxyl groups is 1. The second-order valence-electron chi connectivity index (χ2n) is 4.42. The molecule has 2 atom stereocenters. The van der Waals surface area contributed by atoms with Gasteiger partial charge in [-0.05, 0) is 37.1 Å². The zero-order chi connectivity index (χ0) is 12.1. The number of carbonyl (C=O) groups is 1. The van der Waals surface area contributed by atoms with Crippen LogP contribution in [0, 0.1) is 0 Å². The summed E-state index contributed by atoms with van der Waals surface area (Å²) in [6.07, 6.45) is 3.22. The van der Waals surface area contributed by atoms with Gasteiger partial charge in [0.15, 0.2) is 0 Å². The van der Waals surface area contributed by atoms with Gasteiger partial charge < -0.3 is 15.7 Å². The predicted molar refractivity (Wildman–Crippen MR) is 68.0 cm³/mol. The lowest BCUT2D eigenvalue weighted by Crippen LogP contribution is -2.44. The molecule has 4 nitrogen and oxygen atoms in total. The summed E-state index contributed by atoms with van der Waals surface area (Å²) in [6.45, 7) is 0.568. The molecular formula is C12H18N2O2S. The van der Waals surface area contributed by atoms with Gasteiger partial charge >= 0.3 is 6.03 Å². The summed E-state index contributed by atoms with van der Waals surface area (Å²) in [5.41, 5.74) is 0. The van der Waals surface area contributed by atoms with E-state index in [-0.39, 0.29) is 18.2 Å². The van der Waals surface area contributed by atoms with Gasteiger partial charge in [0.1, 0.15) is 0 Å². The van der Waals surface area contributed by atoms with Crippen molar-refractivity contribution in [3.63, 3.8) is 0 Å². The van der Waals surface area contributed by atoms with Crippen molar-refractivity contribution in [3.8, 4) is 0 Å². The second kappa shape index (κ2) is 6.02. The average molecular weight is 254 g/mol. The molecular weight excluding hydrogens is 236 g/mol. The highest BCUT2D eigenvalue weighted by Gasteiger charge is 2.21. The van der Waals surface area contributed by atoms with Crippen molar-refractivity contribution in [2.24, 2.45) is 0 Å². The minimum absolute atomic E-state index is 0.113. The Morgan fingerprint density at radius 2 is 2.41 bits per heavy atom. The molecule has 1 aliphatic rings. The standard InChI is InChI=1S/C12H18N2O2S/c15-10-4-1-3-9(7-10)14-12(16)13-8-11-5-2-6-17-11/h2,5-6,9-10,15H,1,3-4,7-8H2,(H2,13,14,16)/t9-,10-/m0/s1. The molecule has 17 heavy (non-hydrogen) atoms. The van der Waals surface area contributed by atoms with E-state index >= 15 is 0 Å². The lowest BCUT2D eigenvalue weighted by atomic mass is 9.93. The van der Waals surface area contributed by atoms with E-state index in [4.69, 9.17) is 0 Å². The average Bonchev–Trinajstić information content (AvgIpc) is 2.79. The van der Waals surface area contributed by atoms with Gasteiger partial charge in [0, 0.05) is 10.9 Å². The van der Waals surface area contributed by atoms with Crippen LogP contribution in [0.4, 0.5) is 4.79 Å². The molecule has 0 radical (unpaired) electrons. The summed E-state index contributed by atoms with van der Waals surface area (Å²) in [5, 5.41) is 17.2. The van der Waals surface area contributed by atoms with Gasteiger partial charge in [-0.3, -0.25) is 0 Å². The summed E-state index contributed by atoms with van der Waals surface area (Å²) in [4.78, 5) is 12.8. The number of urea groups is 1. The van der Waals surface area contributed by atoms with E-state index in [0.717, 1.165) is 24.1 Å². The molecule has 0 unspecified atom stereocenters. The third-order valence-electron chi connectivity index (χ3n) is 2.99. The summed E-state index contributed by atoms with van der Waals surface area (Å²) in [6, 6.07) is 3.94. The van der Waals surface area contributed by atoms with Crippen molar-refractivity contribution in [2.75, 3.05) is 0 Å². The quantitative estimate of drug-likeness (QED) is 0.771. The molecule has 0 saturated heterocycles. The summed E-state index contributed by atoms with van der Waals surface area (Å²) < 4.78 is 0. The van der Waals surface area contributed by atoms with Crippen LogP contribution in [0.15, 0.2) is 17.5 Å². The number of hydrogen-bond donors (Lipinski definition) is 3. The Kier molecular flexibility index (Phi) is 4.39. The molecule has 0 aromatic carbocycles. The summed E-state index contributed by atoms with van der Waals surface area (Å²) >= 11 is 1.63. The largest absolute Gasteiger partial charge is 0.393 e. The first-order valence-corrected chi connectivity index (χ1v) is 6.87. The Morgan fingerprint density at radius 3 is 3.12 bits per heavy atom. The minimum atomic E-state index is -0.258. The van der Waals surface area contributed by atoms with Gasteiger partial charge in [-0.2, -0.15) is 0 Å². The van der Waals surface area contributed by atoms with Crippen LogP contribution in [0.25, 0.3) is 0 Å². The van der Waals surface area contributed by atoms with E-state index in [2.05, 4.69) is 10.6 Å². The van der Waals surface area contributed by atoms with Gasteiger partial charge in [-0.25, -0.2) is 4.79 Å². The van der Waals surface area contributed by atoms with Gasteiger partial charge in [-0.1, -0.05) is 6.07 Å². The molecule has 0 bridgehead atoms. The molecule has 0 aliphatic heterocycles. The lowest BCUT2D eigenvalue weighted by Gasteiger charge is -2.26. The third-order valence-corrected chi connectivity index (χ3v) is 3.86. The van der Waals surface area contributed by atoms with Crippen LogP contribution in [0.1, 0.15) is 30.6 Å². The van der Waals surface area contributed by atoms with Crippen LogP contribution in [0.3, 0.4) is 0 Å². The summed E-state index contributed by atoms with van der Waals surface area (Å²) in [5.74, 6) is 0. The van der Waals surface area contributed by atoms with E-state index in [1.807, 2.05) is 17.5 Å². The maximum absolute atomic E-state index is 11.6. The van der Waals surface area contributed by atoms with E-state index in [1.165, 1.54) is 0 Å². The zero-order valence-electron chi connectivity index (χ0n) is 9.69. The molecule has 1 saturated carbocycles. The Hall–Kier alpha value is -1.07. The maximum Gasteiger partial charge on any atom is 0.315 e. The normalized spacial score (nSPS) is 24.3. The summed E-state index contributed by atoms with van der Waals surface area (Å²) in [7, 11) is 0. The van der Waals surface area contributed by atoms with Crippen molar-refractivity contribution in [3.05, 3.63) is 22.4 Å². The first-order chi connectivity index (χ1) is 8.24. The number of aliphatic hydroxyl groups excluding tert-OH is 1. The van der Waals surface area contributed by atoms with Gasteiger partial charge in [0.05, 0.1) is 12.6 Å². The molecule has 1 aromatic rings. The SMILES string of the molecule is O=C(NCc1cccs1)N[C@H]1CCC[C@H](O)C1. The smallest absolute Gasteiger partial charge is 0.315 e. The number of rotatable bonds is 3. The number of amides is 2. The van der Waals surface area contributed by atoms with Crippen LogP contribution in [0.2, 0.25) is 0 Å². The van der Waals surface area contributed by atoms with Crippen LogP contribution < -0.4 is 10.6 Å². The Morgan fingerprint density at radius 1 is 1.53 bits per heavy atom. The molecule has 1 heterocycles. The van der Waals surface area contributed by atoms with Crippen molar-refractivity contribution < 1.29 is 9.90 Å². The fourth-order valence-electron chi connectivity index (χ4n) is 2.11. The Balaban J connectivity index is 1.70. The molecule has 1 aromatic heterocycles. The first kappa shape index (κ1) is 12.4. The molecule has 0 spiro atoms. The predicted octanol–water partition coefficient (Wildman–Crippen LogP) is 1.85. The number of thiophene rings is 1. The highest BCUT2D eigenvalue weighted by molar-refractivity contribution is 7.09. The monoisotopic (exact) mass is 254 g/mol. The molecule has 2 rings (SSSR count). The van der Waals surface area contributed by atoms with Crippen LogP contribution >= 0.6 is 11.3 Å². The van der Waals surface area contributed by atoms with Crippen LogP contribution in [-0.4, -0.2) is 23.3 Å². The number of carbonyl (C=O) groups excluding carboxylic acids is 1. The molecule has 94 valence electrons. The van der Waals surface area contributed by atoms with Crippen molar-refractivity contribution in [1.82, 2.24) is 10.6 Å². The topological polar surface area (TPSA) is 61.4 Å². The third kappa shape index (κ3) is 4.02. The first-order valence-electron chi connectivity index (χ1n) is 5.99. The zero-order valence-corrected chi connectivity index (χ0v) is 10.5. The fraction of sp³-hybridized carbons (Fsp3) is 0.583. The van der Waals surface area contributed by atoms with E-state index in [0.29, 0.717) is 13.0 Å². The van der Waals surface area contributed by atoms with Crippen molar-refractivity contribution >= 4 is 17.4 Å². The van der Waals surface area contributed by atoms with E-state index in [1.54, 1.807) is 11.3 Å². The molecule has 2 amide bonds. The minimum Gasteiger partial charge on any atom is -0.393 e. The van der Waals surface area contributed by atoms with Crippen molar-refractivity contribution in [1.29, 1.82) is 0 Å². The van der Waals surface area contributed by atoms with Gasteiger partial charge in [0.2, 0.25) is 0 Å². The maximum atomic E-state index is 11.6. The van der Waals surface area contributed by atoms with Gasteiger partial charge in [0.25, 0.3) is 0 Å². The van der Waals surface area contributed by atoms with Crippen LogP contribution in [-0.2, 0) is 6.54 Å². The highest BCUT2D eigenvalue weighted by Crippen LogP contribution is 2.18. The Bertz CT molecular complexity index is 353. The molecule has 3 N–H and O–H groups in total.